The molecule has 0 spiro atoms. The fourth-order valence-corrected chi connectivity index (χ4v) is 19.0. The Bertz CT molecular complexity index is 4630. The van der Waals surface area contributed by atoms with Crippen LogP contribution >= 0.6 is 21.4 Å². The number of nitrogens with zero attached hydrogens (tertiary/aromatic N) is 3. The molecule has 0 radical (unpaired) electrons. The van der Waals surface area contributed by atoms with Gasteiger partial charge in [0.1, 0.15) is 0 Å². The summed E-state index contributed by atoms with van der Waals surface area (Å²) in [6.45, 7) is 20.8. The molecule has 0 aliphatic carbocycles. The van der Waals surface area contributed by atoms with Gasteiger partial charge in [-0.25, -0.2) is 0 Å². The number of fused-ring (bicyclic) bond motifs is 8. The van der Waals surface area contributed by atoms with Crippen LogP contribution in [0.25, 0.3) is 31.6 Å². The lowest BCUT2D eigenvalue weighted by molar-refractivity contribution is 0.590. The maximum atomic E-state index is 2.68. The van der Waals surface area contributed by atoms with E-state index in [2.05, 4.69) is 350 Å². The highest BCUT2D eigenvalue weighted by atomic mass is 32.3. The van der Waals surface area contributed by atoms with Crippen molar-refractivity contribution >= 4 is 127 Å². The molecule has 0 saturated carbocycles. The second-order valence-corrected chi connectivity index (χ2v) is 31.2. The zero-order valence-electron chi connectivity index (χ0n) is 51.7. The van der Waals surface area contributed by atoms with Gasteiger partial charge in [-0.2, -0.15) is 0 Å². The number of benzene rings is 12. The Morgan fingerprint density at radius 3 is 1.26 bits per heavy atom. The van der Waals surface area contributed by atoms with Crippen molar-refractivity contribution in [2.75, 3.05) is 14.7 Å². The Balaban J connectivity index is 1.10. The van der Waals surface area contributed by atoms with Crippen molar-refractivity contribution in [3.63, 3.8) is 0 Å². The molecule has 13 aromatic rings. The van der Waals surface area contributed by atoms with Gasteiger partial charge in [0, 0.05) is 79.9 Å². The molecule has 15 rings (SSSR count). The van der Waals surface area contributed by atoms with Gasteiger partial charge < -0.3 is 14.7 Å². The van der Waals surface area contributed by atoms with Crippen LogP contribution in [0.1, 0.15) is 79.0 Å². The maximum Gasteiger partial charge on any atom is 0.264 e. The van der Waals surface area contributed by atoms with Crippen molar-refractivity contribution in [2.45, 2.75) is 98.1 Å². The van der Waals surface area contributed by atoms with Crippen molar-refractivity contribution in [1.82, 2.24) is 0 Å². The van der Waals surface area contributed by atoms with Crippen LogP contribution in [-0.2, 0) is 16.2 Å². The fourth-order valence-electron chi connectivity index (χ4n) is 13.8. The lowest BCUT2D eigenvalue weighted by Crippen LogP contribution is -2.60. The lowest BCUT2D eigenvalue weighted by atomic mass is 9.36. The third-order valence-corrected chi connectivity index (χ3v) is 23.5. The highest BCUT2D eigenvalue weighted by molar-refractivity contribution is 8.34. The van der Waals surface area contributed by atoms with E-state index < -0.39 is 10.0 Å². The number of rotatable bonds is 9. The minimum absolute atomic E-state index is 0.0275. The molecule has 0 amide bonds. The van der Waals surface area contributed by atoms with E-state index in [1.54, 1.807) is 0 Å². The van der Waals surface area contributed by atoms with Crippen molar-refractivity contribution in [3.05, 3.63) is 290 Å². The Morgan fingerprint density at radius 2 is 0.773 bits per heavy atom. The summed E-state index contributed by atoms with van der Waals surface area (Å²) in [5, 5.41) is 6.12. The van der Waals surface area contributed by atoms with E-state index >= 15 is 0 Å². The Kier molecular flexibility index (Phi) is 13.3. The van der Waals surface area contributed by atoms with Crippen LogP contribution in [0.2, 0.25) is 0 Å². The van der Waals surface area contributed by atoms with Crippen molar-refractivity contribution in [2.24, 2.45) is 0 Å². The van der Waals surface area contributed by atoms with E-state index in [1.165, 1.54) is 101 Å². The molecule has 3 nitrogen and oxygen atoms in total. The van der Waals surface area contributed by atoms with Crippen molar-refractivity contribution in [3.8, 4) is 0 Å². The minimum atomic E-state index is -2.23. The summed E-state index contributed by atoms with van der Waals surface area (Å²) in [6.07, 6.45) is 0. The fraction of sp³-hybridized carbons (Fsp3) is 0.146. The third kappa shape index (κ3) is 9.26. The van der Waals surface area contributed by atoms with Gasteiger partial charge in [0.25, 0.3) is 6.71 Å². The molecular weight excluding hydrogens is 1100 g/mol. The molecule has 430 valence electrons. The van der Waals surface area contributed by atoms with Crippen LogP contribution in [0.4, 0.5) is 51.2 Å². The summed E-state index contributed by atoms with van der Waals surface area (Å²) >= 11 is 1.97. The zero-order chi connectivity index (χ0) is 60.3. The summed E-state index contributed by atoms with van der Waals surface area (Å²) in [7, 11) is -2.23. The summed E-state index contributed by atoms with van der Waals surface area (Å²) in [5.41, 5.74) is 16.7. The Morgan fingerprint density at radius 1 is 0.352 bits per heavy atom. The average Bonchev–Trinajstić information content (AvgIpc) is 1.27. The molecule has 6 heteroatoms. The molecule has 0 fully saturated rings. The molecule has 2 aliphatic rings. The average molecular weight is 1170 g/mol. The number of anilines is 9. The van der Waals surface area contributed by atoms with E-state index in [0.717, 1.165) is 34.1 Å². The zero-order valence-corrected chi connectivity index (χ0v) is 53.3. The summed E-state index contributed by atoms with van der Waals surface area (Å²) in [4.78, 5) is 12.9. The van der Waals surface area contributed by atoms with Crippen LogP contribution in [-0.4, -0.2) is 6.71 Å². The van der Waals surface area contributed by atoms with E-state index in [9.17, 15) is 0 Å². The van der Waals surface area contributed by atoms with Gasteiger partial charge in [-0.05, 0) is 187 Å². The molecule has 88 heavy (non-hydrogen) atoms. The van der Waals surface area contributed by atoms with E-state index in [-0.39, 0.29) is 23.0 Å². The highest BCUT2D eigenvalue weighted by Crippen LogP contribution is 2.74. The highest BCUT2D eigenvalue weighted by Gasteiger charge is 2.48. The molecule has 0 N–H and O–H groups in total. The topological polar surface area (TPSA) is 9.72 Å². The first-order valence-electron chi connectivity index (χ1n) is 31.0. The number of thiophene rings is 1. The standard InChI is InChI=1S/C82H72BN3S2/c1-80(2,3)59-35-42-62(43-36-59)85-73-52-66(84(64-40-33-55-23-19-21-25-57(55)49-64)65-41-34-56-24-20-22-26-58(56)50-65)46-47-72(73)83-77-74(85)53-70(88(67-27-13-10-14-28-67,68-29-15-11-16-30-68)69-31-17-12-18-32-69)54-75(77)86(63-44-37-60(38-45-63)81(4,5)6)78-71-51-61(82(7,8)9)39-48-76(71)87-79(78)83/h10-54H,1-9H3. The quantitative estimate of drug-likeness (QED) is 0.133. The minimum Gasteiger partial charge on any atom is -0.311 e. The van der Waals surface area contributed by atoms with Crippen LogP contribution in [0.5, 0.6) is 0 Å². The maximum absolute atomic E-state index is 2.68. The molecule has 2 aliphatic heterocycles. The van der Waals surface area contributed by atoms with Gasteiger partial charge in [0.05, 0.1) is 5.69 Å². The second kappa shape index (κ2) is 21.1. The van der Waals surface area contributed by atoms with Crippen LogP contribution in [0.15, 0.2) is 293 Å². The van der Waals surface area contributed by atoms with Crippen LogP contribution < -0.4 is 30.4 Å². The van der Waals surface area contributed by atoms with E-state index in [0.29, 0.717) is 0 Å². The van der Waals surface area contributed by atoms with Gasteiger partial charge in [-0.1, -0.05) is 214 Å². The Labute approximate surface area is 525 Å². The molecule has 3 heterocycles. The molecular formula is C82H72BN3S2. The molecule has 1 aromatic heterocycles. The van der Waals surface area contributed by atoms with Gasteiger partial charge in [0.2, 0.25) is 0 Å². The van der Waals surface area contributed by atoms with Crippen molar-refractivity contribution < 1.29 is 0 Å². The largest absolute Gasteiger partial charge is 0.311 e. The first-order valence-corrected chi connectivity index (χ1v) is 33.4. The number of hydrogen-bond acceptors (Lipinski definition) is 4. The smallest absolute Gasteiger partial charge is 0.264 e. The molecule has 0 bridgehead atoms. The molecule has 0 saturated heterocycles. The van der Waals surface area contributed by atoms with Gasteiger partial charge in [-0.3, -0.25) is 0 Å². The Hall–Kier alpha value is -9.07. The van der Waals surface area contributed by atoms with E-state index in [1.807, 2.05) is 11.3 Å². The first-order chi connectivity index (χ1) is 42.5. The monoisotopic (exact) mass is 1170 g/mol. The molecule has 12 aromatic carbocycles. The third-order valence-electron chi connectivity index (χ3n) is 18.4. The molecule has 0 atom stereocenters. The normalized spacial score (nSPS) is 13.4. The summed E-state index contributed by atoms with van der Waals surface area (Å²) in [6, 6.07) is 105. The SMILES string of the molecule is CC(C)(C)c1ccc(N2c3cc(N(c4ccc5ccccc5c4)c4ccc5ccccc5c4)ccc3B3c4sc5ccc(C(C)(C)C)cc5c4N(c4ccc(C(C)(C)C)cc4)c4cc(S(c5ccccc5)(c5ccccc5)c5ccccc5)cc2c43)cc1. The summed E-state index contributed by atoms with van der Waals surface area (Å²) < 4.78 is 2.65. The molecule has 0 unspecified atom stereocenters. The van der Waals surface area contributed by atoms with Crippen LogP contribution in [0, 0.1) is 0 Å². The van der Waals surface area contributed by atoms with Gasteiger partial charge >= 0.3 is 0 Å². The van der Waals surface area contributed by atoms with Gasteiger partial charge in [-0.15, -0.1) is 21.4 Å². The number of hydrogen-bond donors (Lipinski definition) is 0. The van der Waals surface area contributed by atoms with Crippen molar-refractivity contribution in [1.29, 1.82) is 0 Å². The summed E-state index contributed by atoms with van der Waals surface area (Å²) in [5.74, 6) is 0. The first kappa shape index (κ1) is 55.5. The predicted molar refractivity (Wildman–Crippen MR) is 382 cm³/mol. The second-order valence-electron chi connectivity index (χ2n) is 27.0. The predicted octanol–water partition coefficient (Wildman–Crippen LogP) is 22.0. The van der Waals surface area contributed by atoms with Gasteiger partial charge in [0.15, 0.2) is 0 Å². The lowest BCUT2D eigenvalue weighted by Gasteiger charge is -2.47. The van der Waals surface area contributed by atoms with E-state index in [4.69, 9.17) is 0 Å². The van der Waals surface area contributed by atoms with Crippen LogP contribution in [0.3, 0.4) is 0 Å².